The average molecular weight is 289 g/mol. The average Bonchev–Trinajstić information content (AvgIpc) is 2.94. The molecule has 1 amide bonds. The van der Waals surface area contributed by atoms with Crippen molar-refractivity contribution in [3.63, 3.8) is 0 Å². The van der Waals surface area contributed by atoms with Gasteiger partial charge in [0, 0.05) is 12.1 Å². The number of anilines is 1. The molecule has 1 aromatic heterocycles. The minimum Gasteiger partial charge on any atom is -0.492 e. The Morgan fingerprint density at radius 2 is 2.14 bits per heavy atom. The molecule has 0 aliphatic heterocycles. The molecule has 4 N–H and O–H groups in total. The standard InChI is InChI=1S/C14H19N5O2/c1-2-3-12-17-13(19-18-12)14(20)16-8-9-21-11-6-4-10(15)5-7-11/h4-7H,2-3,8-9,15H2,1H3,(H,16,20)(H,17,18,19). The molecule has 112 valence electrons. The van der Waals surface area contributed by atoms with Crippen molar-refractivity contribution in [2.24, 2.45) is 0 Å². The van der Waals surface area contributed by atoms with Gasteiger partial charge in [0.05, 0.1) is 6.54 Å². The summed E-state index contributed by atoms with van der Waals surface area (Å²) in [6, 6.07) is 7.08. The van der Waals surface area contributed by atoms with E-state index in [0.29, 0.717) is 24.6 Å². The minimum atomic E-state index is -0.311. The van der Waals surface area contributed by atoms with Crippen molar-refractivity contribution in [3.05, 3.63) is 35.9 Å². The van der Waals surface area contributed by atoms with Crippen LogP contribution in [0.2, 0.25) is 0 Å². The Kier molecular flexibility index (Phi) is 5.14. The zero-order valence-corrected chi connectivity index (χ0v) is 11.9. The van der Waals surface area contributed by atoms with Crippen LogP contribution in [0.5, 0.6) is 5.75 Å². The number of aromatic amines is 1. The first-order valence-electron chi connectivity index (χ1n) is 6.87. The number of carbonyl (C=O) groups excluding carboxylic acids is 1. The molecule has 0 unspecified atom stereocenters. The summed E-state index contributed by atoms with van der Waals surface area (Å²) in [7, 11) is 0. The number of nitrogen functional groups attached to an aromatic ring is 1. The van der Waals surface area contributed by atoms with Crippen molar-refractivity contribution in [2.75, 3.05) is 18.9 Å². The molecular formula is C14H19N5O2. The van der Waals surface area contributed by atoms with Crippen molar-refractivity contribution in [1.82, 2.24) is 20.5 Å². The third-order valence-corrected chi connectivity index (χ3v) is 2.76. The molecular weight excluding hydrogens is 270 g/mol. The number of amides is 1. The third kappa shape index (κ3) is 4.48. The van der Waals surface area contributed by atoms with Crippen LogP contribution in [-0.4, -0.2) is 34.2 Å². The maximum atomic E-state index is 11.8. The first-order chi connectivity index (χ1) is 10.2. The molecule has 2 rings (SSSR count). The van der Waals surface area contributed by atoms with Gasteiger partial charge in [-0.2, -0.15) is 0 Å². The second-order valence-electron chi connectivity index (χ2n) is 4.53. The number of hydrogen-bond acceptors (Lipinski definition) is 5. The van der Waals surface area contributed by atoms with Crippen LogP contribution in [0.3, 0.4) is 0 Å². The van der Waals surface area contributed by atoms with E-state index in [1.807, 2.05) is 6.92 Å². The van der Waals surface area contributed by atoms with Gasteiger partial charge in [0.25, 0.3) is 5.91 Å². The van der Waals surface area contributed by atoms with Crippen molar-refractivity contribution in [1.29, 1.82) is 0 Å². The van der Waals surface area contributed by atoms with Gasteiger partial charge in [-0.3, -0.25) is 9.89 Å². The maximum absolute atomic E-state index is 11.8. The molecule has 0 aliphatic rings. The molecule has 1 heterocycles. The number of nitrogens with two attached hydrogens (primary N) is 1. The van der Waals surface area contributed by atoms with Crippen molar-refractivity contribution in [3.8, 4) is 5.75 Å². The van der Waals surface area contributed by atoms with E-state index in [0.717, 1.165) is 18.7 Å². The molecule has 2 aromatic rings. The Labute approximate surface area is 122 Å². The van der Waals surface area contributed by atoms with Crippen LogP contribution >= 0.6 is 0 Å². The first-order valence-corrected chi connectivity index (χ1v) is 6.87. The summed E-state index contributed by atoms with van der Waals surface area (Å²) in [5, 5.41) is 9.32. The zero-order valence-electron chi connectivity index (χ0n) is 11.9. The summed E-state index contributed by atoms with van der Waals surface area (Å²) >= 11 is 0. The van der Waals surface area contributed by atoms with Gasteiger partial charge in [-0.05, 0) is 30.7 Å². The highest BCUT2D eigenvalue weighted by Crippen LogP contribution is 2.12. The summed E-state index contributed by atoms with van der Waals surface area (Å²) in [6.07, 6.45) is 1.73. The number of aryl methyl sites for hydroxylation is 1. The summed E-state index contributed by atoms with van der Waals surface area (Å²) < 4.78 is 5.47. The van der Waals surface area contributed by atoms with E-state index in [1.165, 1.54) is 0 Å². The zero-order chi connectivity index (χ0) is 15.1. The van der Waals surface area contributed by atoms with Crippen molar-refractivity contribution < 1.29 is 9.53 Å². The maximum Gasteiger partial charge on any atom is 0.291 e. The molecule has 0 aliphatic carbocycles. The van der Waals surface area contributed by atoms with Crippen LogP contribution < -0.4 is 15.8 Å². The van der Waals surface area contributed by atoms with E-state index in [9.17, 15) is 4.79 Å². The summed E-state index contributed by atoms with van der Waals surface area (Å²) in [4.78, 5) is 15.9. The molecule has 0 bridgehead atoms. The number of nitrogens with one attached hydrogen (secondary N) is 2. The highest BCUT2D eigenvalue weighted by Gasteiger charge is 2.11. The molecule has 21 heavy (non-hydrogen) atoms. The van der Waals surface area contributed by atoms with Gasteiger partial charge in [0.1, 0.15) is 18.2 Å². The number of aromatic nitrogens is 3. The van der Waals surface area contributed by atoms with E-state index < -0.39 is 0 Å². The van der Waals surface area contributed by atoms with Gasteiger partial charge in [-0.25, -0.2) is 4.98 Å². The lowest BCUT2D eigenvalue weighted by molar-refractivity contribution is 0.0937. The Morgan fingerprint density at radius 3 is 2.86 bits per heavy atom. The SMILES string of the molecule is CCCc1nc(C(=O)NCCOc2ccc(N)cc2)n[nH]1. The van der Waals surface area contributed by atoms with Gasteiger partial charge >= 0.3 is 0 Å². The molecule has 0 radical (unpaired) electrons. The predicted octanol–water partition coefficient (Wildman–Crippen LogP) is 1.15. The van der Waals surface area contributed by atoms with Crippen LogP contribution in [0.4, 0.5) is 5.69 Å². The highest BCUT2D eigenvalue weighted by molar-refractivity contribution is 5.90. The van der Waals surface area contributed by atoms with Crippen LogP contribution in [0.15, 0.2) is 24.3 Å². The number of benzene rings is 1. The summed E-state index contributed by atoms with van der Waals surface area (Å²) in [5.74, 6) is 1.28. The minimum absolute atomic E-state index is 0.158. The fraction of sp³-hybridized carbons (Fsp3) is 0.357. The molecule has 0 fully saturated rings. The number of rotatable bonds is 7. The number of hydrogen-bond donors (Lipinski definition) is 3. The molecule has 1 aromatic carbocycles. The van der Waals surface area contributed by atoms with Crippen LogP contribution in [0.1, 0.15) is 29.8 Å². The van der Waals surface area contributed by atoms with Crippen molar-refractivity contribution >= 4 is 11.6 Å². The molecule has 0 saturated carbocycles. The lowest BCUT2D eigenvalue weighted by atomic mass is 10.3. The quantitative estimate of drug-likeness (QED) is 0.523. The van der Waals surface area contributed by atoms with E-state index in [4.69, 9.17) is 10.5 Å². The van der Waals surface area contributed by atoms with E-state index in [-0.39, 0.29) is 11.7 Å². The van der Waals surface area contributed by atoms with Gasteiger partial charge in [-0.1, -0.05) is 6.92 Å². The Balaban J connectivity index is 1.72. The van der Waals surface area contributed by atoms with Crippen LogP contribution in [-0.2, 0) is 6.42 Å². The molecule has 0 spiro atoms. The second-order valence-corrected chi connectivity index (χ2v) is 4.53. The van der Waals surface area contributed by atoms with E-state index in [1.54, 1.807) is 24.3 Å². The lowest BCUT2D eigenvalue weighted by Gasteiger charge is -2.06. The largest absolute Gasteiger partial charge is 0.492 e. The summed E-state index contributed by atoms with van der Waals surface area (Å²) in [5.41, 5.74) is 6.26. The van der Waals surface area contributed by atoms with E-state index >= 15 is 0 Å². The molecule has 0 saturated heterocycles. The Hall–Kier alpha value is -2.57. The smallest absolute Gasteiger partial charge is 0.291 e. The molecule has 0 atom stereocenters. The number of carbonyl (C=O) groups is 1. The topological polar surface area (TPSA) is 106 Å². The monoisotopic (exact) mass is 289 g/mol. The highest BCUT2D eigenvalue weighted by atomic mass is 16.5. The fourth-order valence-electron chi connectivity index (χ4n) is 1.72. The normalized spacial score (nSPS) is 10.3. The van der Waals surface area contributed by atoms with Crippen LogP contribution in [0, 0.1) is 0 Å². The van der Waals surface area contributed by atoms with Gasteiger partial charge < -0.3 is 15.8 Å². The Bertz CT molecular complexity index is 579. The Morgan fingerprint density at radius 1 is 1.38 bits per heavy atom. The molecule has 7 nitrogen and oxygen atoms in total. The van der Waals surface area contributed by atoms with Crippen molar-refractivity contribution in [2.45, 2.75) is 19.8 Å². The first kappa shape index (κ1) is 14.8. The fourth-order valence-corrected chi connectivity index (χ4v) is 1.72. The third-order valence-electron chi connectivity index (χ3n) is 2.76. The lowest BCUT2D eigenvalue weighted by Crippen LogP contribution is -2.29. The second kappa shape index (κ2) is 7.28. The van der Waals surface area contributed by atoms with Crippen LogP contribution in [0.25, 0.3) is 0 Å². The van der Waals surface area contributed by atoms with Gasteiger partial charge in [-0.15, -0.1) is 5.10 Å². The molecule has 7 heteroatoms. The number of nitrogens with zero attached hydrogens (tertiary/aromatic N) is 2. The number of H-pyrrole nitrogens is 1. The van der Waals surface area contributed by atoms with Gasteiger partial charge in [0.15, 0.2) is 0 Å². The number of ether oxygens (including phenoxy) is 1. The predicted molar refractivity (Wildman–Crippen MR) is 79.1 cm³/mol. The van der Waals surface area contributed by atoms with E-state index in [2.05, 4.69) is 20.5 Å². The van der Waals surface area contributed by atoms with Gasteiger partial charge in [0.2, 0.25) is 5.82 Å². The summed E-state index contributed by atoms with van der Waals surface area (Å²) in [6.45, 7) is 2.78.